The fourth-order valence-corrected chi connectivity index (χ4v) is 2.16. The zero-order chi connectivity index (χ0) is 11.8. The largest absolute Gasteiger partial charge is 0.481 e. The first kappa shape index (κ1) is 13.5. The number of aliphatic carboxylic acids is 1. The van der Waals surface area contributed by atoms with E-state index in [4.69, 9.17) is 5.11 Å². The third-order valence-electron chi connectivity index (χ3n) is 3.10. The summed E-state index contributed by atoms with van der Waals surface area (Å²) in [5.41, 5.74) is 0. The van der Waals surface area contributed by atoms with Crippen LogP contribution in [0.15, 0.2) is 0 Å². The highest BCUT2D eigenvalue weighted by Crippen LogP contribution is 2.08. The van der Waals surface area contributed by atoms with E-state index < -0.39 is 5.97 Å². The van der Waals surface area contributed by atoms with Crippen molar-refractivity contribution in [2.24, 2.45) is 0 Å². The first-order valence-corrected chi connectivity index (χ1v) is 6.36. The van der Waals surface area contributed by atoms with Crippen molar-refractivity contribution in [3.63, 3.8) is 0 Å². The van der Waals surface area contributed by atoms with Gasteiger partial charge in [-0.15, -0.1) is 0 Å². The minimum absolute atomic E-state index is 0.0736. The molecule has 94 valence electrons. The molecule has 0 aromatic heterocycles. The number of carbonyl (C=O) groups is 1. The second-order valence-electron chi connectivity index (χ2n) is 4.71. The fraction of sp³-hybridized carbons (Fsp3) is 0.917. The Morgan fingerprint density at radius 2 is 1.94 bits per heavy atom. The highest BCUT2D eigenvalue weighted by Gasteiger charge is 2.10. The van der Waals surface area contributed by atoms with Gasteiger partial charge in [0, 0.05) is 19.1 Å². The summed E-state index contributed by atoms with van der Waals surface area (Å²) >= 11 is 0. The van der Waals surface area contributed by atoms with Gasteiger partial charge >= 0.3 is 5.97 Å². The van der Waals surface area contributed by atoms with Crippen molar-refractivity contribution in [1.29, 1.82) is 0 Å². The van der Waals surface area contributed by atoms with E-state index in [2.05, 4.69) is 10.2 Å². The molecule has 0 radical (unpaired) electrons. The van der Waals surface area contributed by atoms with Crippen LogP contribution in [-0.4, -0.2) is 48.2 Å². The predicted molar refractivity (Wildman–Crippen MR) is 64.6 cm³/mol. The van der Waals surface area contributed by atoms with Crippen molar-refractivity contribution in [1.82, 2.24) is 10.2 Å². The molecule has 16 heavy (non-hydrogen) atoms. The number of hydrogen-bond acceptors (Lipinski definition) is 3. The third kappa shape index (κ3) is 6.08. The minimum atomic E-state index is -0.727. The number of hydrogen-bond donors (Lipinski definition) is 2. The van der Waals surface area contributed by atoms with E-state index >= 15 is 0 Å². The molecule has 1 rings (SSSR count). The van der Waals surface area contributed by atoms with Crippen molar-refractivity contribution in [3.05, 3.63) is 0 Å². The Balaban J connectivity index is 2.06. The number of carboxylic acid groups (broad SMARTS) is 1. The van der Waals surface area contributed by atoms with Crippen molar-refractivity contribution in [2.45, 2.75) is 45.1 Å². The lowest BCUT2D eigenvalue weighted by Crippen LogP contribution is -2.37. The summed E-state index contributed by atoms with van der Waals surface area (Å²) in [6.07, 6.45) is 5.55. The van der Waals surface area contributed by atoms with Gasteiger partial charge in [0.05, 0.1) is 6.42 Å². The number of nitrogens with zero attached hydrogens (tertiary/aromatic N) is 1. The molecule has 1 aliphatic rings. The molecule has 0 saturated carbocycles. The second kappa shape index (κ2) is 7.63. The smallest absolute Gasteiger partial charge is 0.304 e. The van der Waals surface area contributed by atoms with Crippen molar-refractivity contribution < 1.29 is 9.90 Å². The lowest BCUT2D eigenvalue weighted by Gasteiger charge is -2.21. The Morgan fingerprint density at radius 3 is 2.50 bits per heavy atom. The fourth-order valence-electron chi connectivity index (χ4n) is 2.16. The summed E-state index contributed by atoms with van der Waals surface area (Å²) in [6, 6.07) is 0.0736. The molecule has 0 bridgehead atoms. The highest BCUT2D eigenvalue weighted by atomic mass is 16.4. The van der Waals surface area contributed by atoms with Gasteiger partial charge in [-0.25, -0.2) is 0 Å². The summed E-state index contributed by atoms with van der Waals surface area (Å²) < 4.78 is 0. The summed E-state index contributed by atoms with van der Waals surface area (Å²) in [6.45, 7) is 6.28. The van der Waals surface area contributed by atoms with Gasteiger partial charge in [0.15, 0.2) is 0 Å². The Hall–Kier alpha value is -0.610. The average molecular weight is 228 g/mol. The summed E-state index contributed by atoms with van der Waals surface area (Å²) in [5.74, 6) is -0.727. The molecular weight excluding hydrogens is 204 g/mol. The van der Waals surface area contributed by atoms with Gasteiger partial charge < -0.3 is 15.3 Å². The van der Waals surface area contributed by atoms with Crippen molar-refractivity contribution in [3.8, 4) is 0 Å². The van der Waals surface area contributed by atoms with Crippen LogP contribution in [-0.2, 0) is 4.79 Å². The van der Waals surface area contributed by atoms with Crippen LogP contribution >= 0.6 is 0 Å². The van der Waals surface area contributed by atoms with Crippen LogP contribution in [0.3, 0.4) is 0 Å². The van der Waals surface area contributed by atoms with Crippen LogP contribution in [0.4, 0.5) is 0 Å². The van der Waals surface area contributed by atoms with Crippen LogP contribution in [0.2, 0.25) is 0 Å². The van der Waals surface area contributed by atoms with Gasteiger partial charge in [-0.1, -0.05) is 12.8 Å². The molecule has 1 unspecified atom stereocenters. The second-order valence-corrected chi connectivity index (χ2v) is 4.71. The molecule has 1 fully saturated rings. The molecule has 1 saturated heterocycles. The van der Waals surface area contributed by atoms with E-state index in [0.29, 0.717) is 0 Å². The lowest BCUT2D eigenvalue weighted by molar-refractivity contribution is -0.137. The van der Waals surface area contributed by atoms with E-state index in [1.807, 2.05) is 6.92 Å². The standard InChI is InChI=1S/C12H24N2O2/c1-11(10-12(15)16)13-6-9-14-7-4-2-3-5-8-14/h11,13H,2-10H2,1H3,(H,15,16). The molecule has 1 atom stereocenters. The van der Waals surface area contributed by atoms with E-state index in [0.717, 1.165) is 13.1 Å². The quantitative estimate of drug-likeness (QED) is 0.720. The first-order chi connectivity index (χ1) is 7.68. The molecule has 0 aliphatic carbocycles. The summed E-state index contributed by atoms with van der Waals surface area (Å²) in [4.78, 5) is 12.9. The number of rotatable bonds is 6. The Labute approximate surface area is 98.0 Å². The highest BCUT2D eigenvalue weighted by molar-refractivity contribution is 5.67. The molecule has 1 aliphatic heterocycles. The number of likely N-dealkylation sites (tertiary alicyclic amines) is 1. The number of carboxylic acids is 1. The molecule has 0 spiro atoms. The molecular formula is C12H24N2O2. The molecule has 4 heteroatoms. The zero-order valence-corrected chi connectivity index (χ0v) is 10.2. The predicted octanol–water partition coefficient (Wildman–Crippen LogP) is 1.32. The van der Waals surface area contributed by atoms with Gasteiger partial charge in [0.2, 0.25) is 0 Å². The summed E-state index contributed by atoms with van der Waals surface area (Å²) in [5, 5.41) is 11.9. The van der Waals surface area contributed by atoms with E-state index in [1.54, 1.807) is 0 Å². The molecule has 0 amide bonds. The van der Waals surface area contributed by atoms with Gasteiger partial charge in [0.1, 0.15) is 0 Å². The monoisotopic (exact) mass is 228 g/mol. The zero-order valence-electron chi connectivity index (χ0n) is 10.2. The van der Waals surface area contributed by atoms with Gasteiger partial charge in [0.25, 0.3) is 0 Å². The van der Waals surface area contributed by atoms with Gasteiger partial charge in [-0.05, 0) is 32.9 Å². The Morgan fingerprint density at radius 1 is 1.31 bits per heavy atom. The van der Waals surface area contributed by atoms with Crippen molar-refractivity contribution >= 4 is 5.97 Å². The van der Waals surface area contributed by atoms with Crippen LogP contribution in [0.1, 0.15) is 39.0 Å². The third-order valence-corrected chi connectivity index (χ3v) is 3.10. The average Bonchev–Trinajstić information content (AvgIpc) is 2.45. The number of nitrogens with one attached hydrogen (secondary N) is 1. The maximum Gasteiger partial charge on any atom is 0.304 e. The normalized spacial score (nSPS) is 20.3. The topological polar surface area (TPSA) is 52.6 Å². The van der Waals surface area contributed by atoms with Crippen LogP contribution in [0, 0.1) is 0 Å². The van der Waals surface area contributed by atoms with Crippen LogP contribution in [0.5, 0.6) is 0 Å². The molecule has 0 aromatic carbocycles. The maximum atomic E-state index is 10.5. The van der Waals surface area contributed by atoms with Crippen molar-refractivity contribution in [2.75, 3.05) is 26.2 Å². The summed E-state index contributed by atoms with van der Waals surface area (Å²) in [7, 11) is 0. The van der Waals surface area contributed by atoms with Gasteiger partial charge in [-0.3, -0.25) is 4.79 Å². The first-order valence-electron chi connectivity index (χ1n) is 6.36. The molecule has 1 heterocycles. The molecule has 4 nitrogen and oxygen atoms in total. The van der Waals surface area contributed by atoms with E-state index in [-0.39, 0.29) is 12.5 Å². The minimum Gasteiger partial charge on any atom is -0.481 e. The Kier molecular flexibility index (Phi) is 6.42. The van der Waals surface area contributed by atoms with Crippen LogP contribution in [0.25, 0.3) is 0 Å². The van der Waals surface area contributed by atoms with Crippen LogP contribution < -0.4 is 5.32 Å². The van der Waals surface area contributed by atoms with E-state index in [9.17, 15) is 4.79 Å². The Bertz CT molecular complexity index is 201. The molecule has 2 N–H and O–H groups in total. The SMILES string of the molecule is CC(CC(=O)O)NCCN1CCCCCC1. The maximum absolute atomic E-state index is 10.5. The lowest BCUT2D eigenvalue weighted by atomic mass is 10.2. The van der Waals surface area contributed by atoms with E-state index in [1.165, 1.54) is 38.8 Å². The van der Waals surface area contributed by atoms with Gasteiger partial charge in [-0.2, -0.15) is 0 Å². The molecule has 0 aromatic rings.